The number of hydrogen-bond acceptors (Lipinski definition) is 4. The molecular weight excluding hydrogens is 390 g/mol. The van der Waals surface area contributed by atoms with Gasteiger partial charge >= 0.3 is 0 Å². The van der Waals surface area contributed by atoms with Crippen molar-refractivity contribution >= 4 is 17.4 Å². The van der Waals surface area contributed by atoms with Gasteiger partial charge in [-0.2, -0.15) is 0 Å². The van der Waals surface area contributed by atoms with Crippen LogP contribution < -0.4 is 14.8 Å². The molecule has 0 radical (unpaired) electrons. The van der Waals surface area contributed by atoms with Crippen molar-refractivity contribution in [2.45, 2.75) is 32.3 Å². The van der Waals surface area contributed by atoms with Crippen LogP contribution in [0.25, 0.3) is 0 Å². The number of hydrogen-bond donors (Lipinski definition) is 1. The lowest BCUT2D eigenvalue weighted by Gasteiger charge is -2.25. The van der Waals surface area contributed by atoms with Crippen molar-refractivity contribution in [3.8, 4) is 11.5 Å². The van der Waals surface area contributed by atoms with Gasteiger partial charge in [0.15, 0.2) is 17.3 Å². The summed E-state index contributed by atoms with van der Waals surface area (Å²) in [6, 6.07) is 21.8. The minimum atomic E-state index is -0.765. The van der Waals surface area contributed by atoms with E-state index in [1.807, 2.05) is 36.4 Å². The Kier molecular flexibility index (Phi) is 5.51. The number of carbonyl (C=O) groups is 2. The summed E-state index contributed by atoms with van der Waals surface area (Å²) in [5.41, 5.74) is 2.84. The molecule has 31 heavy (non-hydrogen) atoms. The molecule has 0 aliphatic carbocycles. The number of fused-ring (bicyclic) bond motifs is 1. The van der Waals surface area contributed by atoms with Crippen LogP contribution in [0.4, 0.5) is 5.69 Å². The lowest BCUT2D eigenvalue weighted by Crippen LogP contribution is -2.40. The maximum atomic E-state index is 12.9. The summed E-state index contributed by atoms with van der Waals surface area (Å²) in [6.07, 6.45) is -0.765. The van der Waals surface area contributed by atoms with Gasteiger partial charge in [-0.1, -0.05) is 69.3 Å². The van der Waals surface area contributed by atoms with Crippen molar-refractivity contribution in [3.63, 3.8) is 0 Å². The van der Waals surface area contributed by atoms with Crippen molar-refractivity contribution in [3.05, 3.63) is 89.5 Å². The summed E-state index contributed by atoms with van der Waals surface area (Å²) >= 11 is 0. The molecule has 0 spiro atoms. The van der Waals surface area contributed by atoms with Gasteiger partial charge in [0.1, 0.15) is 6.61 Å². The Morgan fingerprint density at radius 2 is 1.58 bits per heavy atom. The van der Waals surface area contributed by atoms with E-state index in [-0.39, 0.29) is 23.7 Å². The second-order valence-electron chi connectivity index (χ2n) is 8.59. The number of para-hydroxylation sites is 2. The molecule has 1 aliphatic heterocycles. The van der Waals surface area contributed by atoms with Crippen molar-refractivity contribution in [1.82, 2.24) is 0 Å². The smallest absolute Gasteiger partial charge is 0.269 e. The topological polar surface area (TPSA) is 64.6 Å². The number of rotatable bonds is 4. The molecule has 1 N–H and O–H groups in total. The molecular formula is C26H25NO4. The Labute approximate surface area is 182 Å². The zero-order chi connectivity index (χ0) is 22.0. The Balaban J connectivity index is 1.46. The number of anilines is 1. The molecule has 158 valence electrons. The average Bonchev–Trinajstić information content (AvgIpc) is 2.78. The van der Waals surface area contributed by atoms with Crippen LogP contribution >= 0.6 is 0 Å². The van der Waals surface area contributed by atoms with E-state index < -0.39 is 6.10 Å². The Bertz CT molecular complexity index is 1110. The minimum absolute atomic E-state index is 0.0250. The lowest BCUT2D eigenvalue weighted by molar-refractivity contribution is -0.125. The van der Waals surface area contributed by atoms with E-state index >= 15 is 0 Å². The number of ketones is 1. The predicted octanol–water partition coefficient (Wildman–Crippen LogP) is 4.99. The highest BCUT2D eigenvalue weighted by Crippen LogP contribution is 2.31. The first-order valence-electron chi connectivity index (χ1n) is 10.3. The standard InChI is InChI=1S/C26H25NO4/c1-26(2,3)19-13-11-17(12-14-19)24(28)18-7-6-8-20(15-18)27-25(29)23-16-30-21-9-4-5-10-22(21)31-23/h4-15,23H,16H2,1-3H3,(H,27,29). The second-order valence-corrected chi connectivity index (χ2v) is 8.59. The molecule has 1 heterocycles. The first kappa shape index (κ1) is 20.7. The molecule has 1 aliphatic rings. The molecule has 3 aromatic rings. The lowest BCUT2D eigenvalue weighted by atomic mass is 9.86. The third-order valence-corrected chi connectivity index (χ3v) is 5.21. The van der Waals surface area contributed by atoms with E-state index in [9.17, 15) is 9.59 Å². The van der Waals surface area contributed by atoms with E-state index in [0.29, 0.717) is 28.3 Å². The Morgan fingerprint density at radius 3 is 2.29 bits per heavy atom. The SMILES string of the molecule is CC(C)(C)c1ccc(C(=O)c2cccc(NC(=O)C3COc4ccccc4O3)c2)cc1. The fourth-order valence-electron chi connectivity index (χ4n) is 3.40. The van der Waals surface area contributed by atoms with Gasteiger partial charge in [-0.15, -0.1) is 0 Å². The van der Waals surface area contributed by atoms with E-state index in [0.717, 1.165) is 0 Å². The summed E-state index contributed by atoms with van der Waals surface area (Å²) in [6.45, 7) is 6.53. The van der Waals surface area contributed by atoms with E-state index in [1.165, 1.54) is 5.56 Å². The maximum absolute atomic E-state index is 12.9. The molecule has 3 aromatic carbocycles. The van der Waals surface area contributed by atoms with Crippen molar-refractivity contribution in [2.24, 2.45) is 0 Å². The van der Waals surface area contributed by atoms with Crippen LogP contribution in [0.5, 0.6) is 11.5 Å². The van der Waals surface area contributed by atoms with E-state index in [4.69, 9.17) is 9.47 Å². The highest BCUT2D eigenvalue weighted by atomic mass is 16.6. The molecule has 0 bridgehead atoms. The normalized spacial score (nSPS) is 15.3. The van der Waals surface area contributed by atoms with Gasteiger partial charge in [-0.25, -0.2) is 0 Å². The molecule has 0 aromatic heterocycles. The van der Waals surface area contributed by atoms with Gasteiger partial charge in [0.25, 0.3) is 5.91 Å². The number of benzene rings is 3. The fraction of sp³-hybridized carbons (Fsp3) is 0.231. The Morgan fingerprint density at radius 1 is 0.871 bits per heavy atom. The molecule has 0 fully saturated rings. The van der Waals surface area contributed by atoms with Crippen LogP contribution in [0.2, 0.25) is 0 Å². The van der Waals surface area contributed by atoms with Gasteiger partial charge in [0.05, 0.1) is 0 Å². The monoisotopic (exact) mass is 415 g/mol. The highest BCUT2D eigenvalue weighted by Gasteiger charge is 2.27. The average molecular weight is 415 g/mol. The van der Waals surface area contributed by atoms with Gasteiger partial charge < -0.3 is 14.8 Å². The first-order valence-corrected chi connectivity index (χ1v) is 10.3. The van der Waals surface area contributed by atoms with Crippen LogP contribution in [0, 0.1) is 0 Å². The minimum Gasteiger partial charge on any atom is -0.485 e. The fourth-order valence-corrected chi connectivity index (χ4v) is 3.40. The van der Waals surface area contributed by atoms with Crippen LogP contribution in [0.1, 0.15) is 42.3 Å². The zero-order valence-electron chi connectivity index (χ0n) is 17.8. The van der Waals surface area contributed by atoms with Crippen molar-refractivity contribution in [2.75, 3.05) is 11.9 Å². The molecule has 1 atom stereocenters. The first-order chi connectivity index (χ1) is 14.8. The third-order valence-electron chi connectivity index (χ3n) is 5.21. The largest absolute Gasteiger partial charge is 0.485 e. The number of ether oxygens (including phenoxy) is 2. The number of carbonyl (C=O) groups excluding carboxylic acids is 2. The van der Waals surface area contributed by atoms with Crippen LogP contribution in [-0.4, -0.2) is 24.4 Å². The van der Waals surface area contributed by atoms with Gasteiger partial charge in [0, 0.05) is 16.8 Å². The number of nitrogens with one attached hydrogen (secondary N) is 1. The molecule has 1 unspecified atom stereocenters. The molecule has 0 saturated carbocycles. The quantitative estimate of drug-likeness (QED) is 0.610. The predicted molar refractivity (Wildman–Crippen MR) is 120 cm³/mol. The zero-order valence-corrected chi connectivity index (χ0v) is 17.8. The maximum Gasteiger partial charge on any atom is 0.269 e. The van der Waals surface area contributed by atoms with Crippen molar-refractivity contribution < 1.29 is 19.1 Å². The highest BCUT2D eigenvalue weighted by molar-refractivity contribution is 6.09. The van der Waals surface area contributed by atoms with Crippen LogP contribution in [-0.2, 0) is 10.2 Å². The molecule has 5 nitrogen and oxygen atoms in total. The second kappa shape index (κ2) is 8.26. The summed E-state index contributed by atoms with van der Waals surface area (Å²) in [5, 5.41) is 2.82. The summed E-state index contributed by atoms with van der Waals surface area (Å²) < 4.78 is 11.4. The summed E-state index contributed by atoms with van der Waals surface area (Å²) in [4.78, 5) is 25.6. The van der Waals surface area contributed by atoms with Gasteiger partial charge in [-0.3, -0.25) is 9.59 Å². The molecule has 5 heteroatoms. The van der Waals surface area contributed by atoms with Crippen LogP contribution in [0.15, 0.2) is 72.8 Å². The third kappa shape index (κ3) is 4.61. The molecule has 1 amide bonds. The summed E-state index contributed by atoms with van der Waals surface area (Å²) in [7, 11) is 0. The van der Waals surface area contributed by atoms with Crippen molar-refractivity contribution in [1.29, 1.82) is 0 Å². The summed E-state index contributed by atoms with van der Waals surface area (Å²) in [5.74, 6) is 0.740. The van der Waals surface area contributed by atoms with E-state index in [1.54, 1.807) is 36.4 Å². The number of amides is 1. The molecule has 4 rings (SSSR count). The van der Waals surface area contributed by atoms with Gasteiger partial charge in [0.2, 0.25) is 6.10 Å². The molecule has 0 saturated heterocycles. The van der Waals surface area contributed by atoms with Gasteiger partial charge in [-0.05, 0) is 35.2 Å². The Hall–Kier alpha value is -3.60. The van der Waals surface area contributed by atoms with E-state index in [2.05, 4.69) is 26.1 Å². The van der Waals surface area contributed by atoms with Crippen LogP contribution in [0.3, 0.4) is 0 Å².